The molecule has 0 aliphatic carbocycles. The number of ether oxygens (including phenoxy) is 4. The molecule has 0 aliphatic heterocycles. The van der Waals surface area contributed by atoms with Crippen LogP contribution < -0.4 is 18.9 Å². The standard InChI is InChI=1S/C18H22O5/c1-10-7-8-13(20-3)17(22-5)14(10)12-9-11(2)16(21-4)18(23-6)15(12)19/h7-9,19H,1-6H3. The smallest absolute Gasteiger partial charge is 0.203 e. The van der Waals surface area contributed by atoms with Gasteiger partial charge in [-0.15, -0.1) is 0 Å². The van der Waals surface area contributed by atoms with E-state index in [0.29, 0.717) is 28.6 Å². The number of hydrogen-bond acceptors (Lipinski definition) is 5. The molecule has 124 valence electrons. The van der Waals surface area contributed by atoms with Crippen molar-refractivity contribution in [3.63, 3.8) is 0 Å². The highest BCUT2D eigenvalue weighted by Crippen LogP contribution is 2.50. The Bertz CT molecular complexity index is 722. The van der Waals surface area contributed by atoms with E-state index in [4.69, 9.17) is 18.9 Å². The molecule has 0 spiro atoms. The molecular weight excluding hydrogens is 296 g/mol. The molecular formula is C18H22O5. The van der Waals surface area contributed by atoms with Gasteiger partial charge in [0.2, 0.25) is 5.75 Å². The van der Waals surface area contributed by atoms with Crippen molar-refractivity contribution in [1.82, 2.24) is 0 Å². The average molecular weight is 318 g/mol. The first kappa shape index (κ1) is 16.8. The maximum Gasteiger partial charge on any atom is 0.203 e. The third kappa shape index (κ3) is 2.74. The number of hydrogen-bond donors (Lipinski definition) is 1. The first-order valence-corrected chi connectivity index (χ1v) is 7.16. The van der Waals surface area contributed by atoms with E-state index in [0.717, 1.165) is 16.7 Å². The second-order valence-electron chi connectivity index (χ2n) is 5.15. The van der Waals surface area contributed by atoms with Gasteiger partial charge in [-0.05, 0) is 37.1 Å². The molecule has 0 aromatic heterocycles. The van der Waals surface area contributed by atoms with Crippen LogP contribution in [0.3, 0.4) is 0 Å². The molecule has 23 heavy (non-hydrogen) atoms. The van der Waals surface area contributed by atoms with E-state index in [-0.39, 0.29) is 5.75 Å². The van der Waals surface area contributed by atoms with Crippen LogP contribution in [0, 0.1) is 13.8 Å². The number of phenols is 1. The summed E-state index contributed by atoms with van der Waals surface area (Å²) in [7, 11) is 6.19. The molecule has 0 saturated heterocycles. The molecule has 0 radical (unpaired) electrons. The van der Waals surface area contributed by atoms with E-state index in [2.05, 4.69) is 0 Å². The fourth-order valence-electron chi connectivity index (χ4n) is 2.75. The zero-order chi connectivity index (χ0) is 17.1. The summed E-state index contributed by atoms with van der Waals surface area (Å²) in [4.78, 5) is 0. The van der Waals surface area contributed by atoms with E-state index in [1.54, 1.807) is 21.3 Å². The highest BCUT2D eigenvalue weighted by molar-refractivity contribution is 5.84. The summed E-state index contributed by atoms with van der Waals surface area (Å²) in [5.41, 5.74) is 3.16. The van der Waals surface area contributed by atoms with Crippen molar-refractivity contribution in [3.05, 3.63) is 29.3 Å². The van der Waals surface area contributed by atoms with Crippen LogP contribution in [-0.4, -0.2) is 33.5 Å². The zero-order valence-corrected chi connectivity index (χ0v) is 14.3. The van der Waals surface area contributed by atoms with Gasteiger partial charge < -0.3 is 24.1 Å². The summed E-state index contributed by atoms with van der Waals surface area (Å²) in [6, 6.07) is 5.60. The molecule has 0 amide bonds. The molecule has 5 nitrogen and oxygen atoms in total. The lowest BCUT2D eigenvalue weighted by atomic mass is 9.95. The minimum absolute atomic E-state index is 0.00426. The number of benzene rings is 2. The predicted molar refractivity (Wildman–Crippen MR) is 89.2 cm³/mol. The average Bonchev–Trinajstić information content (AvgIpc) is 2.55. The van der Waals surface area contributed by atoms with Gasteiger partial charge in [-0.3, -0.25) is 0 Å². The van der Waals surface area contributed by atoms with Crippen molar-refractivity contribution >= 4 is 0 Å². The van der Waals surface area contributed by atoms with E-state index in [9.17, 15) is 5.11 Å². The Balaban J connectivity index is 2.85. The van der Waals surface area contributed by atoms with Gasteiger partial charge in [-0.1, -0.05) is 6.07 Å². The van der Waals surface area contributed by atoms with Crippen molar-refractivity contribution in [2.75, 3.05) is 28.4 Å². The number of aromatic hydroxyl groups is 1. The SMILES string of the molecule is COc1ccc(C)c(-c2cc(C)c(OC)c(OC)c2O)c1OC. The summed E-state index contributed by atoms with van der Waals surface area (Å²) in [6.07, 6.45) is 0. The van der Waals surface area contributed by atoms with Crippen LogP contribution in [0.2, 0.25) is 0 Å². The van der Waals surface area contributed by atoms with Gasteiger partial charge in [0, 0.05) is 11.1 Å². The van der Waals surface area contributed by atoms with Crippen LogP contribution >= 0.6 is 0 Å². The van der Waals surface area contributed by atoms with Gasteiger partial charge in [0.1, 0.15) is 0 Å². The van der Waals surface area contributed by atoms with Crippen LogP contribution in [0.4, 0.5) is 0 Å². The highest BCUT2D eigenvalue weighted by atomic mass is 16.5. The van der Waals surface area contributed by atoms with Gasteiger partial charge in [0.25, 0.3) is 0 Å². The summed E-state index contributed by atoms with van der Waals surface area (Å²) < 4.78 is 21.5. The third-order valence-corrected chi connectivity index (χ3v) is 3.83. The minimum atomic E-state index is 0.00426. The van der Waals surface area contributed by atoms with Crippen molar-refractivity contribution in [2.45, 2.75) is 13.8 Å². The first-order chi connectivity index (χ1) is 11.0. The number of phenolic OH excluding ortho intramolecular Hbond substituents is 1. The molecule has 2 rings (SSSR count). The Morgan fingerprint density at radius 2 is 1.35 bits per heavy atom. The molecule has 5 heteroatoms. The molecule has 0 fully saturated rings. The molecule has 0 atom stereocenters. The van der Waals surface area contributed by atoms with Crippen LogP contribution in [-0.2, 0) is 0 Å². The van der Waals surface area contributed by atoms with Crippen molar-refractivity contribution in [1.29, 1.82) is 0 Å². The van der Waals surface area contributed by atoms with E-state index in [1.165, 1.54) is 7.11 Å². The molecule has 0 heterocycles. The van der Waals surface area contributed by atoms with E-state index in [1.807, 2.05) is 32.0 Å². The Morgan fingerprint density at radius 1 is 0.739 bits per heavy atom. The lowest BCUT2D eigenvalue weighted by molar-refractivity contribution is 0.331. The maximum atomic E-state index is 10.7. The highest BCUT2D eigenvalue weighted by Gasteiger charge is 2.23. The van der Waals surface area contributed by atoms with Gasteiger partial charge in [-0.25, -0.2) is 0 Å². The van der Waals surface area contributed by atoms with Crippen LogP contribution in [0.15, 0.2) is 18.2 Å². The van der Waals surface area contributed by atoms with Crippen molar-refractivity contribution in [3.8, 4) is 39.9 Å². The van der Waals surface area contributed by atoms with Gasteiger partial charge in [-0.2, -0.15) is 0 Å². The lowest BCUT2D eigenvalue weighted by Crippen LogP contribution is -1.99. The number of methoxy groups -OCH3 is 4. The Labute approximate surface area is 136 Å². The Hall–Kier alpha value is -2.56. The van der Waals surface area contributed by atoms with Crippen LogP contribution in [0.5, 0.6) is 28.7 Å². The zero-order valence-electron chi connectivity index (χ0n) is 14.3. The molecule has 1 N–H and O–H groups in total. The van der Waals surface area contributed by atoms with Gasteiger partial charge in [0.05, 0.1) is 28.4 Å². The third-order valence-electron chi connectivity index (χ3n) is 3.83. The fourth-order valence-corrected chi connectivity index (χ4v) is 2.75. The monoisotopic (exact) mass is 318 g/mol. The normalized spacial score (nSPS) is 10.3. The summed E-state index contributed by atoms with van der Waals surface area (Å²) >= 11 is 0. The summed E-state index contributed by atoms with van der Waals surface area (Å²) in [5, 5.41) is 10.7. The van der Waals surface area contributed by atoms with Crippen molar-refractivity contribution in [2.24, 2.45) is 0 Å². The molecule has 0 bridgehead atoms. The van der Waals surface area contributed by atoms with Crippen LogP contribution in [0.25, 0.3) is 11.1 Å². The van der Waals surface area contributed by atoms with E-state index >= 15 is 0 Å². The number of aryl methyl sites for hydroxylation is 2. The van der Waals surface area contributed by atoms with Gasteiger partial charge in [0.15, 0.2) is 23.0 Å². The molecule has 2 aromatic carbocycles. The summed E-state index contributed by atoms with van der Waals surface area (Å²) in [6.45, 7) is 3.84. The maximum absolute atomic E-state index is 10.7. The first-order valence-electron chi connectivity index (χ1n) is 7.16. The minimum Gasteiger partial charge on any atom is -0.504 e. The Kier molecular flexibility index (Phi) is 4.89. The second-order valence-corrected chi connectivity index (χ2v) is 5.15. The molecule has 0 unspecified atom stereocenters. The van der Waals surface area contributed by atoms with E-state index < -0.39 is 0 Å². The lowest BCUT2D eigenvalue weighted by Gasteiger charge is -2.19. The quantitative estimate of drug-likeness (QED) is 0.910. The predicted octanol–water partition coefficient (Wildman–Crippen LogP) is 3.71. The molecule has 2 aromatic rings. The second kappa shape index (κ2) is 6.69. The largest absolute Gasteiger partial charge is 0.504 e. The summed E-state index contributed by atoms with van der Waals surface area (Å²) in [5.74, 6) is 1.97. The fraction of sp³-hybridized carbons (Fsp3) is 0.333. The molecule has 0 saturated carbocycles. The molecule has 0 aliphatic rings. The topological polar surface area (TPSA) is 57.2 Å². The van der Waals surface area contributed by atoms with Gasteiger partial charge >= 0.3 is 0 Å². The van der Waals surface area contributed by atoms with Crippen molar-refractivity contribution < 1.29 is 24.1 Å². The number of rotatable bonds is 5. The Morgan fingerprint density at radius 3 is 1.87 bits per heavy atom. The van der Waals surface area contributed by atoms with Crippen LogP contribution in [0.1, 0.15) is 11.1 Å².